The van der Waals surface area contributed by atoms with Gasteiger partial charge in [-0.3, -0.25) is 4.99 Å². The van der Waals surface area contributed by atoms with E-state index in [0.717, 1.165) is 37.8 Å². The number of nitrogens with zero attached hydrogens (tertiary/aromatic N) is 2. The van der Waals surface area contributed by atoms with Gasteiger partial charge in [0, 0.05) is 44.5 Å². The number of aromatic nitrogens is 1. The average molecular weight is 426 g/mol. The molecule has 0 bridgehead atoms. The van der Waals surface area contributed by atoms with E-state index in [-0.39, 0.29) is 24.0 Å². The molecule has 0 saturated heterocycles. The first-order valence-corrected chi connectivity index (χ1v) is 8.01. The molecule has 0 radical (unpaired) electrons. The van der Waals surface area contributed by atoms with E-state index in [2.05, 4.69) is 39.8 Å². The zero-order valence-corrected chi connectivity index (χ0v) is 16.5. The fourth-order valence-electron chi connectivity index (χ4n) is 1.62. The first kappa shape index (κ1) is 20.6. The Morgan fingerprint density at radius 1 is 1.38 bits per heavy atom. The molecule has 0 unspecified atom stereocenters. The molecular weight excluding hydrogens is 399 g/mol. The molecule has 5 nitrogen and oxygen atoms in total. The van der Waals surface area contributed by atoms with E-state index in [1.807, 2.05) is 6.92 Å². The zero-order chi connectivity index (χ0) is 14.8. The third-order valence-corrected chi connectivity index (χ3v) is 3.90. The van der Waals surface area contributed by atoms with E-state index in [1.165, 1.54) is 5.01 Å². The van der Waals surface area contributed by atoms with Crippen molar-refractivity contribution in [1.29, 1.82) is 0 Å². The van der Waals surface area contributed by atoms with Crippen molar-refractivity contribution >= 4 is 41.3 Å². The van der Waals surface area contributed by atoms with Crippen LogP contribution in [0.2, 0.25) is 0 Å². The summed E-state index contributed by atoms with van der Waals surface area (Å²) in [6, 6.07) is 0. The average Bonchev–Trinajstić information content (AvgIpc) is 2.90. The van der Waals surface area contributed by atoms with Crippen molar-refractivity contribution < 1.29 is 4.74 Å². The quantitative estimate of drug-likeness (QED) is 0.291. The summed E-state index contributed by atoms with van der Waals surface area (Å²) in [7, 11) is 1.77. The second kappa shape index (κ2) is 12.2. The lowest BCUT2D eigenvalue weighted by atomic mass is 10.2. The van der Waals surface area contributed by atoms with Crippen LogP contribution in [-0.2, 0) is 11.2 Å². The Bertz CT molecular complexity index is 409. The molecule has 2 N–H and O–H groups in total. The van der Waals surface area contributed by atoms with Crippen molar-refractivity contribution in [2.45, 2.75) is 33.1 Å². The lowest BCUT2D eigenvalue weighted by molar-refractivity contribution is 0.152. The lowest BCUT2D eigenvalue weighted by Crippen LogP contribution is -2.39. The summed E-state index contributed by atoms with van der Waals surface area (Å²) >= 11 is 1.74. The molecule has 1 heterocycles. The number of hydrogen-bond acceptors (Lipinski definition) is 4. The van der Waals surface area contributed by atoms with Gasteiger partial charge in [-0.25, -0.2) is 4.98 Å². The van der Waals surface area contributed by atoms with Crippen LogP contribution >= 0.6 is 35.3 Å². The summed E-state index contributed by atoms with van der Waals surface area (Å²) < 4.78 is 5.27. The summed E-state index contributed by atoms with van der Waals surface area (Å²) in [5, 5.41) is 9.84. The SMILES string of the molecule is CCOCCNC(=NC)NCCc1csc(C(C)C)n1.I. The molecule has 7 heteroatoms. The molecule has 1 rings (SSSR count). The predicted molar refractivity (Wildman–Crippen MR) is 101 cm³/mol. The van der Waals surface area contributed by atoms with Crippen molar-refractivity contribution in [2.75, 3.05) is 33.4 Å². The predicted octanol–water partition coefficient (Wildman–Crippen LogP) is 2.63. The number of aliphatic imine (C=N–C) groups is 1. The molecule has 0 aromatic carbocycles. The minimum Gasteiger partial charge on any atom is -0.380 e. The third kappa shape index (κ3) is 8.57. The van der Waals surface area contributed by atoms with E-state index < -0.39 is 0 Å². The number of ether oxygens (including phenoxy) is 1. The summed E-state index contributed by atoms with van der Waals surface area (Å²) in [4.78, 5) is 8.79. The number of guanidine groups is 1. The summed E-state index contributed by atoms with van der Waals surface area (Å²) in [6.07, 6.45) is 0.912. The Morgan fingerprint density at radius 2 is 2.10 bits per heavy atom. The van der Waals surface area contributed by atoms with Crippen LogP contribution in [0.3, 0.4) is 0 Å². The Balaban J connectivity index is 0.00000400. The number of thiazole rings is 1. The van der Waals surface area contributed by atoms with Gasteiger partial charge in [0.1, 0.15) is 0 Å². The monoisotopic (exact) mass is 426 g/mol. The summed E-state index contributed by atoms with van der Waals surface area (Å²) in [5.41, 5.74) is 1.15. The van der Waals surface area contributed by atoms with Crippen LogP contribution < -0.4 is 10.6 Å². The third-order valence-electron chi connectivity index (χ3n) is 2.70. The number of hydrogen-bond donors (Lipinski definition) is 2. The van der Waals surface area contributed by atoms with Crippen LogP contribution in [0.4, 0.5) is 0 Å². The van der Waals surface area contributed by atoms with Gasteiger partial charge < -0.3 is 15.4 Å². The van der Waals surface area contributed by atoms with Gasteiger partial charge in [-0.15, -0.1) is 35.3 Å². The molecule has 0 atom stereocenters. The Morgan fingerprint density at radius 3 is 2.67 bits per heavy atom. The zero-order valence-electron chi connectivity index (χ0n) is 13.3. The summed E-state index contributed by atoms with van der Waals surface area (Å²) in [6.45, 7) is 9.37. The highest BCUT2D eigenvalue weighted by molar-refractivity contribution is 14.0. The summed E-state index contributed by atoms with van der Waals surface area (Å²) in [5.74, 6) is 1.32. The van der Waals surface area contributed by atoms with Crippen LogP contribution in [0.5, 0.6) is 0 Å². The largest absolute Gasteiger partial charge is 0.380 e. The van der Waals surface area contributed by atoms with Gasteiger partial charge in [-0.05, 0) is 6.92 Å². The van der Waals surface area contributed by atoms with Gasteiger partial charge >= 0.3 is 0 Å². The molecule has 1 aromatic heterocycles. The fraction of sp³-hybridized carbons (Fsp3) is 0.714. The van der Waals surface area contributed by atoms with Crippen molar-refractivity contribution in [3.63, 3.8) is 0 Å². The van der Waals surface area contributed by atoms with E-state index in [0.29, 0.717) is 12.5 Å². The van der Waals surface area contributed by atoms with Gasteiger partial charge in [0.25, 0.3) is 0 Å². The van der Waals surface area contributed by atoms with E-state index in [9.17, 15) is 0 Å². The molecule has 0 aliphatic carbocycles. The second-order valence-corrected chi connectivity index (χ2v) is 5.59. The molecule has 0 spiro atoms. The number of halogens is 1. The number of nitrogens with one attached hydrogen (secondary N) is 2. The van der Waals surface area contributed by atoms with Gasteiger partial charge in [0.05, 0.1) is 17.3 Å². The Labute approximate surface area is 149 Å². The standard InChI is InChI=1S/C14H26N4OS.HI/c1-5-19-9-8-17-14(15-4)16-7-6-12-10-20-13(18-12)11(2)3;/h10-11H,5-9H2,1-4H3,(H2,15,16,17);1H. The maximum atomic E-state index is 5.27. The van der Waals surface area contributed by atoms with E-state index >= 15 is 0 Å². The smallest absolute Gasteiger partial charge is 0.191 e. The molecular formula is C14H27IN4OS. The van der Waals surface area contributed by atoms with Crippen LogP contribution in [0.25, 0.3) is 0 Å². The molecule has 122 valence electrons. The maximum absolute atomic E-state index is 5.27. The van der Waals surface area contributed by atoms with E-state index in [1.54, 1.807) is 18.4 Å². The molecule has 0 fully saturated rings. The molecule has 0 aliphatic heterocycles. The molecule has 0 saturated carbocycles. The van der Waals surface area contributed by atoms with E-state index in [4.69, 9.17) is 4.74 Å². The Kier molecular flexibility index (Phi) is 11.9. The molecule has 0 aliphatic rings. The van der Waals surface area contributed by atoms with Gasteiger partial charge in [-0.1, -0.05) is 13.8 Å². The van der Waals surface area contributed by atoms with Crippen molar-refractivity contribution in [3.05, 3.63) is 16.1 Å². The Hall–Kier alpha value is -0.410. The first-order chi connectivity index (χ1) is 9.67. The van der Waals surface area contributed by atoms with Gasteiger partial charge in [-0.2, -0.15) is 0 Å². The molecule has 21 heavy (non-hydrogen) atoms. The van der Waals surface area contributed by atoms with Crippen LogP contribution in [0.15, 0.2) is 10.4 Å². The molecule has 1 aromatic rings. The van der Waals surface area contributed by atoms with Crippen molar-refractivity contribution in [2.24, 2.45) is 4.99 Å². The van der Waals surface area contributed by atoms with Crippen molar-refractivity contribution in [1.82, 2.24) is 15.6 Å². The first-order valence-electron chi connectivity index (χ1n) is 7.14. The minimum absolute atomic E-state index is 0. The van der Waals surface area contributed by atoms with Crippen LogP contribution in [-0.4, -0.2) is 44.3 Å². The van der Waals surface area contributed by atoms with Gasteiger partial charge in [0.15, 0.2) is 5.96 Å². The highest BCUT2D eigenvalue weighted by Crippen LogP contribution is 2.19. The van der Waals surface area contributed by atoms with Crippen LogP contribution in [0.1, 0.15) is 37.4 Å². The number of rotatable bonds is 8. The van der Waals surface area contributed by atoms with Crippen molar-refractivity contribution in [3.8, 4) is 0 Å². The fourth-order valence-corrected chi connectivity index (χ4v) is 2.49. The normalized spacial score (nSPS) is 11.4. The van der Waals surface area contributed by atoms with Gasteiger partial charge in [0.2, 0.25) is 0 Å². The van der Waals surface area contributed by atoms with Crippen LogP contribution in [0, 0.1) is 0 Å². The second-order valence-electron chi connectivity index (χ2n) is 4.70. The lowest BCUT2D eigenvalue weighted by Gasteiger charge is -2.11. The minimum atomic E-state index is 0. The maximum Gasteiger partial charge on any atom is 0.191 e. The highest BCUT2D eigenvalue weighted by atomic mass is 127. The highest BCUT2D eigenvalue weighted by Gasteiger charge is 2.05. The topological polar surface area (TPSA) is 58.5 Å². The molecule has 0 amide bonds.